The van der Waals surface area contributed by atoms with Crippen molar-refractivity contribution in [3.63, 3.8) is 0 Å². The van der Waals surface area contributed by atoms with Crippen LogP contribution in [0, 0.1) is 0 Å². The highest BCUT2D eigenvalue weighted by molar-refractivity contribution is 6.19. The largest absolute Gasteiger partial charge is 0.456 e. The summed E-state index contributed by atoms with van der Waals surface area (Å²) >= 11 is 0. The number of aromatic nitrogens is 3. The summed E-state index contributed by atoms with van der Waals surface area (Å²) in [5.41, 5.74) is 11.0. The third-order valence-electron chi connectivity index (χ3n) is 10.7. The third kappa shape index (κ3) is 4.12. The van der Waals surface area contributed by atoms with Crippen molar-refractivity contribution in [1.29, 1.82) is 0 Å². The van der Waals surface area contributed by atoms with Crippen molar-refractivity contribution >= 4 is 54.6 Å². The van der Waals surface area contributed by atoms with E-state index in [4.69, 9.17) is 23.8 Å². The second kappa shape index (κ2) is 10.2. The zero-order valence-electron chi connectivity index (χ0n) is 27.9. The van der Waals surface area contributed by atoms with E-state index in [1.54, 1.807) is 0 Å². The van der Waals surface area contributed by atoms with E-state index in [0.717, 1.165) is 66.0 Å². The quantitative estimate of drug-likeness (QED) is 0.189. The van der Waals surface area contributed by atoms with Gasteiger partial charge in [0.05, 0.1) is 0 Å². The summed E-state index contributed by atoms with van der Waals surface area (Å²) in [4.78, 5) is 15.5. The topological polar surface area (TPSA) is 65.0 Å². The van der Waals surface area contributed by atoms with Crippen LogP contribution >= 0.6 is 0 Å². The maximum absolute atomic E-state index is 6.33. The van der Waals surface area contributed by atoms with Crippen LogP contribution in [-0.4, -0.2) is 15.0 Å². The zero-order chi connectivity index (χ0) is 33.8. The van der Waals surface area contributed by atoms with Crippen molar-refractivity contribution in [3.8, 4) is 45.3 Å². The second-order valence-electron chi connectivity index (χ2n) is 14.0. The van der Waals surface area contributed by atoms with Crippen LogP contribution in [0.3, 0.4) is 0 Å². The molecule has 3 aromatic heterocycles. The van der Waals surface area contributed by atoms with Crippen LogP contribution < -0.4 is 0 Å². The van der Waals surface area contributed by atoms with Crippen LogP contribution in [0.25, 0.3) is 99.9 Å². The monoisotopic (exact) mass is 655 g/mol. The smallest absolute Gasteiger partial charge is 0.164 e. The van der Waals surface area contributed by atoms with Gasteiger partial charge in [-0.15, -0.1) is 0 Å². The van der Waals surface area contributed by atoms with Gasteiger partial charge in [0.1, 0.15) is 22.3 Å². The Kier molecular flexibility index (Phi) is 5.66. The molecule has 0 amide bonds. The van der Waals surface area contributed by atoms with E-state index in [0.29, 0.717) is 17.5 Å². The number of para-hydroxylation sites is 1. The molecule has 5 heteroatoms. The minimum absolute atomic E-state index is 0.150. The molecule has 11 rings (SSSR count). The molecule has 0 fully saturated rings. The summed E-state index contributed by atoms with van der Waals surface area (Å²) in [6.45, 7) is 4.59. The average Bonchev–Trinajstić information content (AvgIpc) is 3.81. The molecule has 3 heterocycles. The number of benzene rings is 7. The molecule has 240 valence electrons. The van der Waals surface area contributed by atoms with E-state index >= 15 is 0 Å². The van der Waals surface area contributed by atoms with E-state index in [9.17, 15) is 0 Å². The lowest BCUT2D eigenvalue weighted by Crippen LogP contribution is -2.15. The van der Waals surface area contributed by atoms with Gasteiger partial charge in [-0.2, -0.15) is 0 Å². The molecule has 0 saturated carbocycles. The van der Waals surface area contributed by atoms with E-state index < -0.39 is 0 Å². The standard InChI is InChI=1S/C46H29N3O2/c1-46(2)36-13-7-5-11-31(36)32-19-15-28(24-37(32)46)44-47-43(48-45(49-44)29-16-20-34-33-12-6-8-14-38(33)51-41(34)25-29)27-18-21-39-35(23-27)42-30-10-4-3-9-26(30)17-22-40(42)50-39/h3-25H,1-2H3. The van der Waals surface area contributed by atoms with Crippen molar-refractivity contribution in [2.75, 3.05) is 0 Å². The molecule has 0 aliphatic heterocycles. The molecule has 0 radical (unpaired) electrons. The molecule has 0 saturated heterocycles. The van der Waals surface area contributed by atoms with Crippen LogP contribution in [-0.2, 0) is 5.41 Å². The van der Waals surface area contributed by atoms with E-state index in [-0.39, 0.29) is 5.41 Å². The fourth-order valence-electron chi connectivity index (χ4n) is 8.16. The minimum Gasteiger partial charge on any atom is -0.456 e. The Morgan fingerprint density at radius 2 is 1.00 bits per heavy atom. The average molecular weight is 656 g/mol. The summed E-state index contributed by atoms with van der Waals surface area (Å²) in [7, 11) is 0. The van der Waals surface area contributed by atoms with Gasteiger partial charge in [-0.25, -0.2) is 15.0 Å². The first-order valence-electron chi connectivity index (χ1n) is 17.3. The highest BCUT2D eigenvalue weighted by Crippen LogP contribution is 2.49. The lowest BCUT2D eigenvalue weighted by molar-refractivity contribution is 0.660. The lowest BCUT2D eigenvalue weighted by Gasteiger charge is -2.21. The van der Waals surface area contributed by atoms with Gasteiger partial charge in [0.25, 0.3) is 0 Å². The molecule has 5 nitrogen and oxygen atoms in total. The molecule has 0 bridgehead atoms. The Bertz CT molecular complexity index is 3080. The Morgan fingerprint density at radius 1 is 0.412 bits per heavy atom. The SMILES string of the molecule is CC1(C)c2ccccc2-c2ccc(-c3nc(-c4ccc5c(c4)oc4ccccc45)nc(-c4ccc5oc6ccc7ccccc7c6c5c4)n3)cc21. The van der Waals surface area contributed by atoms with Crippen molar-refractivity contribution < 1.29 is 8.83 Å². The van der Waals surface area contributed by atoms with Crippen molar-refractivity contribution in [1.82, 2.24) is 15.0 Å². The third-order valence-corrected chi connectivity index (χ3v) is 10.7. The number of nitrogens with zero attached hydrogens (tertiary/aromatic N) is 3. The molecule has 0 spiro atoms. The number of rotatable bonds is 3. The van der Waals surface area contributed by atoms with Crippen molar-refractivity contribution in [2.24, 2.45) is 0 Å². The number of furan rings is 2. The van der Waals surface area contributed by atoms with Crippen LogP contribution in [0.5, 0.6) is 0 Å². The van der Waals surface area contributed by atoms with E-state index in [2.05, 4.69) is 117 Å². The number of hydrogen-bond donors (Lipinski definition) is 0. The van der Waals surface area contributed by atoms with Gasteiger partial charge in [0.15, 0.2) is 17.5 Å². The first-order chi connectivity index (χ1) is 25.0. The highest BCUT2D eigenvalue weighted by atomic mass is 16.3. The molecule has 0 unspecified atom stereocenters. The maximum Gasteiger partial charge on any atom is 0.164 e. The fraction of sp³-hybridized carbons (Fsp3) is 0.0652. The van der Waals surface area contributed by atoms with Crippen molar-refractivity contribution in [3.05, 3.63) is 151 Å². The van der Waals surface area contributed by atoms with Crippen LogP contribution in [0.4, 0.5) is 0 Å². The molecular formula is C46H29N3O2. The molecule has 7 aromatic carbocycles. The van der Waals surface area contributed by atoms with Gasteiger partial charge in [0, 0.05) is 43.7 Å². The van der Waals surface area contributed by atoms with Crippen LogP contribution in [0.1, 0.15) is 25.0 Å². The Labute approximate surface area is 292 Å². The first-order valence-corrected chi connectivity index (χ1v) is 17.3. The summed E-state index contributed by atoms with van der Waals surface area (Å²) in [6, 6.07) is 48.5. The van der Waals surface area contributed by atoms with Gasteiger partial charge in [-0.05, 0) is 81.6 Å². The zero-order valence-corrected chi connectivity index (χ0v) is 27.9. The fourth-order valence-corrected chi connectivity index (χ4v) is 8.16. The van der Waals surface area contributed by atoms with Crippen LogP contribution in [0.15, 0.2) is 148 Å². The summed E-state index contributed by atoms with van der Waals surface area (Å²) in [5, 5.41) is 6.60. The molecule has 10 aromatic rings. The van der Waals surface area contributed by atoms with E-state index in [1.165, 1.54) is 27.6 Å². The molecule has 51 heavy (non-hydrogen) atoms. The van der Waals surface area contributed by atoms with Gasteiger partial charge >= 0.3 is 0 Å². The van der Waals surface area contributed by atoms with Gasteiger partial charge in [-0.3, -0.25) is 0 Å². The van der Waals surface area contributed by atoms with Crippen LogP contribution in [0.2, 0.25) is 0 Å². The molecule has 1 aliphatic carbocycles. The molecule has 0 atom stereocenters. The van der Waals surface area contributed by atoms with Gasteiger partial charge in [-0.1, -0.05) is 105 Å². The van der Waals surface area contributed by atoms with Gasteiger partial charge < -0.3 is 8.83 Å². The first kappa shape index (κ1) is 28.3. The maximum atomic E-state index is 6.33. The lowest BCUT2D eigenvalue weighted by atomic mass is 9.82. The molecular weight excluding hydrogens is 627 g/mol. The van der Waals surface area contributed by atoms with E-state index in [1.807, 2.05) is 36.4 Å². The number of fused-ring (bicyclic) bond motifs is 11. The normalized spacial score (nSPS) is 13.5. The second-order valence-corrected chi connectivity index (χ2v) is 14.0. The Hall–Kier alpha value is -6.59. The van der Waals surface area contributed by atoms with Crippen molar-refractivity contribution in [2.45, 2.75) is 19.3 Å². The Balaban J connectivity index is 1.13. The highest BCUT2D eigenvalue weighted by Gasteiger charge is 2.35. The molecule has 0 N–H and O–H groups in total. The minimum atomic E-state index is -0.150. The summed E-state index contributed by atoms with van der Waals surface area (Å²) in [5.74, 6) is 1.80. The molecule has 1 aliphatic rings. The summed E-state index contributed by atoms with van der Waals surface area (Å²) < 4.78 is 12.6. The summed E-state index contributed by atoms with van der Waals surface area (Å²) in [6.07, 6.45) is 0. The number of hydrogen-bond acceptors (Lipinski definition) is 5. The van der Waals surface area contributed by atoms with Gasteiger partial charge in [0.2, 0.25) is 0 Å². The Morgan fingerprint density at radius 3 is 1.86 bits per heavy atom. The predicted molar refractivity (Wildman–Crippen MR) is 206 cm³/mol. The predicted octanol–water partition coefficient (Wildman–Crippen LogP) is 12.1.